The van der Waals surface area contributed by atoms with Crippen molar-refractivity contribution in [1.29, 1.82) is 0 Å². The molecule has 0 spiro atoms. The number of benzodiazepines with no additional fused rings is 1. The van der Waals surface area contributed by atoms with Crippen molar-refractivity contribution in [2.75, 3.05) is 22.6 Å². The number of carbonyl (C=O) groups is 2. The van der Waals surface area contributed by atoms with Crippen LogP contribution in [0.2, 0.25) is 0 Å². The van der Waals surface area contributed by atoms with Crippen LogP contribution in [0, 0.1) is 0 Å². The Morgan fingerprint density at radius 1 is 1.03 bits per heavy atom. The summed E-state index contributed by atoms with van der Waals surface area (Å²) in [5.74, 6) is 0.0248. The van der Waals surface area contributed by atoms with Crippen LogP contribution in [-0.4, -0.2) is 51.5 Å². The van der Waals surface area contributed by atoms with Crippen LogP contribution in [0.25, 0.3) is 0 Å². The molecule has 1 aromatic heterocycles. The second-order valence-corrected chi connectivity index (χ2v) is 8.05. The number of fused-ring (bicyclic) bond motifs is 1. The molecule has 0 saturated carbocycles. The van der Waals surface area contributed by atoms with Crippen LogP contribution in [0.5, 0.6) is 0 Å². The first-order chi connectivity index (χ1) is 17.6. The number of nitrogens with one attached hydrogen (secondary N) is 4. The zero-order chi connectivity index (χ0) is 24.9. The number of aliphatic imine (C=N–C) groups is 1. The number of tetrazole rings is 1. The van der Waals surface area contributed by atoms with Crippen LogP contribution >= 0.6 is 0 Å². The van der Waals surface area contributed by atoms with Crippen molar-refractivity contribution >= 4 is 35.0 Å². The first-order valence-corrected chi connectivity index (χ1v) is 11.2. The van der Waals surface area contributed by atoms with Gasteiger partial charge in [-0.05, 0) is 29.0 Å². The van der Waals surface area contributed by atoms with Gasteiger partial charge in [0, 0.05) is 30.4 Å². The van der Waals surface area contributed by atoms with E-state index in [0.29, 0.717) is 23.9 Å². The molecule has 1 atom stereocenters. The minimum Gasteiger partial charge on any atom is -0.348 e. The first kappa shape index (κ1) is 22.7. The van der Waals surface area contributed by atoms with Gasteiger partial charge in [0.15, 0.2) is 0 Å². The van der Waals surface area contributed by atoms with Gasteiger partial charge in [-0.3, -0.25) is 4.79 Å². The number of hydrogen-bond donors (Lipinski definition) is 4. The van der Waals surface area contributed by atoms with Crippen molar-refractivity contribution in [1.82, 2.24) is 25.9 Å². The Labute approximate surface area is 206 Å². The van der Waals surface area contributed by atoms with Crippen molar-refractivity contribution in [3.8, 4) is 0 Å². The number of urea groups is 1. The van der Waals surface area contributed by atoms with Crippen LogP contribution in [-0.2, 0) is 11.3 Å². The van der Waals surface area contributed by atoms with E-state index in [1.807, 2.05) is 72.8 Å². The van der Waals surface area contributed by atoms with Crippen LogP contribution in [0.1, 0.15) is 16.7 Å². The summed E-state index contributed by atoms with van der Waals surface area (Å²) in [6, 6.07) is 23.9. The van der Waals surface area contributed by atoms with Crippen molar-refractivity contribution in [3.05, 3.63) is 95.6 Å². The second kappa shape index (κ2) is 10.1. The smallest absolute Gasteiger partial charge is 0.321 e. The molecule has 0 saturated heterocycles. The highest BCUT2D eigenvalue weighted by Crippen LogP contribution is 2.27. The number of carbonyl (C=O) groups excluding carboxylic acids is 2. The third-order valence-corrected chi connectivity index (χ3v) is 5.64. The maximum Gasteiger partial charge on any atom is 0.321 e. The van der Waals surface area contributed by atoms with E-state index in [-0.39, 0.29) is 5.91 Å². The molecule has 11 nitrogen and oxygen atoms in total. The number of aromatic nitrogens is 4. The number of anilines is 3. The monoisotopic (exact) mass is 481 g/mol. The highest BCUT2D eigenvalue weighted by Gasteiger charge is 2.30. The molecule has 3 aromatic carbocycles. The van der Waals surface area contributed by atoms with E-state index in [1.54, 1.807) is 13.1 Å². The van der Waals surface area contributed by atoms with E-state index in [4.69, 9.17) is 4.99 Å². The summed E-state index contributed by atoms with van der Waals surface area (Å²) >= 11 is 0. The summed E-state index contributed by atoms with van der Waals surface area (Å²) in [5, 5.41) is 22.1. The van der Waals surface area contributed by atoms with Crippen LogP contribution in [0.3, 0.4) is 0 Å². The second-order valence-electron chi connectivity index (χ2n) is 8.05. The Bertz CT molecular complexity index is 1400. The molecule has 0 radical (unpaired) electrons. The maximum atomic E-state index is 13.3. The fourth-order valence-corrected chi connectivity index (χ4v) is 3.91. The van der Waals surface area contributed by atoms with Gasteiger partial charge in [0.05, 0.1) is 11.4 Å². The molecule has 180 valence electrons. The summed E-state index contributed by atoms with van der Waals surface area (Å²) in [7, 11) is 1.68. The summed E-state index contributed by atoms with van der Waals surface area (Å²) < 4.78 is 0. The number of aromatic amines is 1. The van der Waals surface area contributed by atoms with E-state index in [2.05, 4.69) is 36.6 Å². The van der Waals surface area contributed by atoms with Crippen LogP contribution in [0.15, 0.2) is 83.9 Å². The predicted molar refractivity (Wildman–Crippen MR) is 136 cm³/mol. The number of nitrogens with zero attached hydrogens (tertiary/aromatic N) is 5. The van der Waals surface area contributed by atoms with E-state index in [0.717, 1.165) is 22.4 Å². The number of para-hydroxylation sites is 1. The molecule has 11 heteroatoms. The molecule has 0 fully saturated rings. The van der Waals surface area contributed by atoms with Gasteiger partial charge in [-0.25, -0.2) is 9.79 Å². The molecule has 1 aliphatic rings. The molecule has 1 aliphatic heterocycles. The lowest BCUT2D eigenvalue weighted by Gasteiger charge is -2.21. The summed E-state index contributed by atoms with van der Waals surface area (Å²) in [4.78, 5) is 32.4. The average molecular weight is 482 g/mol. The fraction of sp³-hybridized carbons (Fsp3) is 0.120. The summed E-state index contributed by atoms with van der Waals surface area (Å²) in [6.07, 6.45) is -1.11. The van der Waals surface area contributed by atoms with Gasteiger partial charge in [0.1, 0.15) is 0 Å². The normalized spacial score (nSPS) is 14.9. The molecule has 2 heterocycles. The molecular formula is C25H23N9O2. The summed E-state index contributed by atoms with van der Waals surface area (Å²) in [5.41, 5.74) is 4.46. The minimum absolute atomic E-state index is 0.346. The molecule has 4 aromatic rings. The lowest BCUT2D eigenvalue weighted by atomic mass is 10.0. The summed E-state index contributed by atoms with van der Waals surface area (Å²) in [6.45, 7) is 0.436. The van der Waals surface area contributed by atoms with Crippen molar-refractivity contribution < 1.29 is 9.59 Å². The topological polar surface area (TPSA) is 140 Å². The standard InChI is InChI=1S/C25H23N9O2/c1-34-20-13-6-5-12-19(20)21(17-9-3-2-4-10-17)28-22(23(34)35)29-25(36)27-18-11-7-8-16(14-18)15-26-24-30-32-33-31-24/h2-14,22H,15H2,1H3,(H2,27,29,36)(H2,26,30,31,32,33)/t22-/m0/s1. The number of hydrogen-bond acceptors (Lipinski definition) is 7. The van der Waals surface area contributed by atoms with Gasteiger partial charge < -0.3 is 20.9 Å². The Morgan fingerprint density at radius 3 is 2.64 bits per heavy atom. The molecule has 0 aliphatic carbocycles. The molecule has 0 bridgehead atoms. The first-order valence-electron chi connectivity index (χ1n) is 11.2. The Balaban J connectivity index is 1.35. The highest BCUT2D eigenvalue weighted by atomic mass is 16.2. The van der Waals surface area contributed by atoms with Gasteiger partial charge in [0.25, 0.3) is 11.9 Å². The quantitative estimate of drug-likeness (QED) is 0.334. The fourth-order valence-electron chi connectivity index (χ4n) is 3.91. The van der Waals surface area contributed by atoms with Gasteiger partial charge in [-0.1, -0.05) is 65.8 Å². The largest absolute Gasteiger partial charge is 0.348 e. The third kappa shape index (κ3) is 4.89. The lowest BCUT2D eigenvalue weighted by Crippen LogP contribution is -2.47. The van der Waals surface area contributed by atoms with Gasteiger partial charge in [-0.15, -0.1) is 5.10 Å². The zero-order valence-corrected chi connectivity index (χ0v) is 19.3. The Kier molecular flexibility index (Phi) is 6.34. The molecule has 5 rings (SSSR count). The third-order valence-electron chi connectivity index (χ3n) is 5.64. The highest BCUT2D eigenvalue weighted by molar-refractivity contribution is 6.20. The van der Waals surface area contributed by atoms with Crippen molar-refractivity contribution in [3.63, 3.8) is 0 Å². The Hall–Kier alpha value is -5.06. The van der Waals surface area contributed by atoms with Crippen molar-refractivity contribution in [2.45, 2.75) is 12.7 Å². The predicted octanol–water partition coefficient (Wildman–Crippen LogP) is 2.77. The van der Waals surface area contributed by atoms with Gasteiger partial charge in [0.2, 0.25) is 6.17 Å². The number of likely N-dealkylation sites (N-methyl/N-ethyl adjacent to an activating group) is 1. The minimum atomic E-state index is -1.11. The molecular weight excluding hydrogens is 458 g/mol. The average Bonchev–Trinajstić information content (AvgIpc) is 3.40. The maximum absolute atomic E-state index is 13.3. The van der Waals surface area contributed by atoms with Crippen LogP contribution in [0.4, 0.5) is 22.1 Å². The number of rotatable bonds is 6. The van der Waals surface area contributed by atoms with E-state index < -0.39 is 12.2 Å². The van der Waals surface area contributed by atoms with Gasteiger partial charge in [-0.2, -0.15) is 5.21 Å². The van der Waals surface area contributed by atoms with E-state index in [9.17, 15) is 9.59 Å². The number of amides is 3. The molecule has 36 heavy (non-hydrogen) atoms. The lowest BCUT2D eigenvalue weighted by molar-refractivity contribution is -0.119. The molecule has 4 N–H and O–H groups in total. The zero-order valence-electron chi connectivity index (χ0n) is 19.3. The number of benzene rings is 3. The SMILES string of the molecule is CN1C(=O)[C@H](NC(=O)Nc2cccc(CNc3nn[nH]n3)c2)N=C(c2ccccc2)c2ccccc21. The van der Waals surface area contributed by atoms with Gasteiger partial charge >= 0.3 is 6.03 Å². The Morgan fingerprint density at radius 2 is 1.83 bits per heavy atom. The van der Waals surface area contributed by atoms with E-state index >= 15 is 0 Å². The molecule has 3 amide bonds. The van der Waals surface area contributed by atoms with Crippen molar-refractivity contribution in [2.24, 2.45) is 4.99 Å². The van der Waals surface area contributed by atoms with Crippen LogP contribution < -0.4 is 20.9 Å². The van der Waals surface area contributed by atoms with E-state index in [1.165, 1.54) is 4.90 Å². The molecule has 0 unspecified atom stereocenters. The number of H-pyrrole nitrogens is 1.